The fraction of sp³-hybridized carbons (Fsp3) is 0.391. The molecule has 0 fully saturated rings. The van der Waals surface area contributed by atoms with E-state index in [0.29, 0.717) is 17.2 Å². The van der Waals surface area contributed by atoms with E-state index in [1.807, 2.05) is 12.1 Å². The number of carbonyl (C=O) groups excluding carboxylic acids is 2. The molecule has 2 rings (SSSR count). The maximum Gasteiger partial charge on any atom is 0.407 e. The molecule has 9 heteroatoms. The fourth-order valence-corrected chi connectivity index (χ4v) is 3.79. The molecule has 0 heterocycles. The number of alkyl carbamates (subject to hydrolysis) is 1. The molecule has 8 nitrogen and oxygen atoms in total. The molecule has 2 aromatic rings. The number of sulfonamides is 1. The summed E-state index contributed by atoms with van der Waals surface area (Å²) in [6.07, 6.45) is -0.622. The zero-order chi connectivity index (χ0) is 23.9. The van der Waals surface area contributed by atoms with Crippen LogP contribution in [-0.2, 0) is 14.8 Å². The number of nitrogens with one attached hydrogen (secondary N) is 3. The van der Waals surface area contributed by atoms with Crippen LogP contribution in [0, 0.1) is 0 Å². The number of ether oxygens (including phenoxy) is 1. The van der Waals surface area contributed by atoms with Gasteiger partial charge >= 0.3 is 6.09 Å². The van der Waals surface area contributed by atoms with E-state index >= 15 is 0 Å². The zero-order valence-corrected chi connectivity index (χ0v) is 19.9. The van der Waals surface area contributed by atoms with E-state index in [1.165, 1.54) is 12.1 Å². The minimum Gasteiger partial charge on any atom is -0.444 e. The van der Waals surface area contributed by atoms with Gasteiger partial charge in [0.2, 0.25) is 10.0 Å². The standard InChI is InChI=1S/C23H31N3O5S/c1-16(2)17-9-11-18(12-10-17)21(27)26-19-7-6-8-20(15-19)32(29,30)25-14-13-24-22(28)31-23(3,4)5/h6-12,15-16,25H,13-14H2,1-5H3,(H,24,28)(H,26,27). The molecule has 0 saturated heterocycles. The van der Waals surface area contributed by atoms with Gasteiger partial charge in [0.25, 0.3) is 5.91 Å². The normalized spacial score (nSPS) is 11.8. The van der Waals surface area contributed by atoms with Crippen molar-refractivity contribution in [3.63, 3.8) is 0 Å². The Morgan fingerprint density at radius 3 is 2.25 bits per heavy atom. The largest absolute Gasteiger partial charge is 0.444 e. The van der Waals surface area contributed by atoms with Crippen LogP contribution in [0.4, 0.5) is 10.5 Å². The Balaban J connectivity index is 1.95. The molecular formula is C23H31N3O5S. The molecular weight excluding hydrogens is 430 g/mol. The summed E-state index contributed by atoms with van der Waals surface area (Å²) in [7, 11) is -3.82. The molecule has 2 aromatic carbocycles. The van der Waals surface area contributed by atoms with E-state index in [0.717, 1.165) is 5.56 Å². The topological polar surface area (TPSA) is 114 Å². The van der Waals surface area contributed by atoms with Gasteiger partial charge in [-0.25, -0.2) is 17.9 Å². The number of hydrogen-bond acceptors (Lipinski definition) is 5. The maximum absolute atomic E-state index is 12.5. The molecule has 0 aliphatic heterocycles. The highest BCUT2D eigenvalue weighted by atomic mass is 32.2. The van der Waals surface area contributed by atoms with Crippen molar-refractivity contribution in [2.75, 3.05) is 18.4 Å². The van der Waals surface area contributed by atoms with Crippen molar-refractivity contribution in [1.29, 1.82) is 0 Å². The molecule has 0 atom stereocenters. The molecule has 3 N–H and O–H groups in total. The first-order chi connectivity index (χ1) is 14.9. The summed E-state index contributed by atoms with van der Waals surface area (Å²) >= 11 is 0. The molecule has 0 aliphatic rings. The Hall–Kier alpha value is -2.91. The summed E-state index contributed by atoms with van der Waals surface area (Å²) in [5.41, 5.74) is 1.33. The number of hydrogen-bond donors (Lipinski definition) is 3. The van der Waals surface area contributed by atoms with E-state index < -0.39 is 21.7 Å². The first-order valence-corrected chi connectivity index (χ1v) is 11.8. The number of amides is 2. The molecule has 2 amide bonds. The molecule has 174 valence electrons. The minimum atomic E-state index is -3.82. The molecule has 32 heavy (non-hydrogen) atoms. The Morgan fingerprint density at radius 2 is 1.66 bits per heavy atom. The number of rotatable bonds is 8. The molecule has 0 saturated carbocycles. The van der Waals surface area contributed by atoms with Gasteiger partial charge in [0.15, 0.2) is 0 Å². The summed E-state index contributed by atoms with van der Waals surface area (Å²) in [5.74, 6) is 0.0326. The summed E-state index contributed by atoms with van der Waals surface area (Å²) < 4.78 is 32.6. The van der Waals surface area contributed by atoms with Crippen molar-refractivity contribution >= 4 is 27.7 Å². The quantitative estimate of drug-likeness (QED) is 0.517. The molecule has 0 radical (unpaired) electrons. The van der Waals surface area contributed by atoms with E-state index in [2.05, 4.69) is 29.2 Å². The second kappa shape index (κ2) is 10.6. The van der Waals surface area contributed by atoms with Gasteiger partial charge in [0.1, 0.15) is 5.60 Å². The lowest BCUT2D eigenvalue weighted by atomic mass is 10.0. The van der Waals surface area contributed by atoms with Crippen LogP contribution in [0.25, 0.3) is 0 Å². The van der Waals surface area contributed by atoms with E-state index in [9.17, 15) is 18.0 Å². The van der Waals surface area contributed by atoms with E-state index in [4.69, 9.17) is 4.74 Å². The van der Waals surface area contributed by atoms with E-state index in [1.54, 1.807) is 45.0 Å². The molecule has 0 aromatic heterocycles. The average molecular weight is 462 g/mol. The van der Waals surface area contributed by atoms with Crippen molar-refractivity contribution < 1.29 is 22.7 Å². The second-order valence-electron chi connectivity index (χ2n) is 8.59. The summed E-state index contributed by atoms with van der Waals surface area (Å²) in [6, 6.07) is 13.2. The summed E-state index contributed by atoms with van der Waals surface area (Å²) in [5, 5.41) is 5.20. The van der Waals surface area contributed by atoms with Crippen molar-refractivity contribution in [3.05, 3.63) is 59.7 Å². The highest BCUT2D eigenvalue weighted by molar-refractivity contribution is 7.89. The predicted octanol–water partition coefficient (Wildman–Crippen LogP) is 3.87. The summed E-state index contributed by atoms with van der Waals surface area (Å²) in [6.45, 7) is 9.41. The van der Waals surface area contributed by atoms with Gasteiger partial charge in [-0.05, 0) is 62.6 Å². The Morgan fingerprint density at radius 1 is 1.00 bits per heavy atom. The highest BCUT2D eigenvalue weighted by Crippen LogP contribution is 2.18. The zero-order valence-electron chi connectivity index (χ0n) is 19.1. The first-order valence-electron chi connectivity index (χ1n) is 10.4. The van der Waals surface area contributed by atoms with Crippen molar-refractivity contribution in [2.24, 2.45) is 0 Å². The van der Waals surface area contributed by atoms with Gasteiger partial charge in [-0.2, -0.15) is 0 Å². The van der Waals surface area contributed by atoms with Crippen LogP contribution >= 0.6 is 0 Å². The Labute approximate surface area is 189 Å². The third-order valence-corrected chi connectivity index (χ3v) is 5.79. The molecule has 0 unspecified atom stereocenters. The van der Waals surface area contributed by atoms with Crippen LogP contribution in [0.2, 0.25) is 0 Å². The smallest absolute Gasteiger partial charge is 0.407 e. The first kappa shape index (κ1) is 25.4. The van der Waals surface area contributed by atoms with Crippen molar-refractivity contribution in [2.45, 2.75) is 51.0 Å². The third kappa shape index (κ3) is 7.97. The SMILES string of the molecule is CC(C)c1ccc(C(=O)Nc2cccc(S(=O)(=O)NCCNC(=O)OC(C)(C)C)c2)cc1. The lowest BCUT2D eigenvalue weighted by molar-refractivity contribution is 0.0528. The number of anilines is 1. The maximum atomic E-state index is 12.5. The molecule has 0 bridgehead atoms. The van der Waals surface area contributed by atoms with Gasteiger partial charge in [-0.1, -0.05) is 32.0 Å². The molecule has 0 spiro atoms. The lowest BCUT2D eigenvalue weighted by Gasteiger charge is -2.19. The molecule has 0 aliphatic carbocycles. The monoisotopic (exact) mass is 461 g/mol. The van der Waals surface area contributed by atoms with Gasteiger partial charge in [0.05, 0.1) is 4.90 Å². The van der Waals surface area contributed by atoms with Crippen LogP contribution in [-0.4, -0.2) is 39.1 Å². The van der Waals surface area contributed by atoms with Crippen LogP contribution in [0.15, 0.2) is 53.4 Å². The Bertz CT molecular complexity index is 1040. The predicted molar refractivity (Wildman–Crippen MR) is 124 cm³/mol. The van der Waals surface area contributed by atoms with Crippen LogP contribution in [0.3, 0.4) is 0 Å². The number of carbonyl (C=O) groups is 2. The fourth-order valence-electron chi connectivity index (χ4n) is 2.71. The van der Waals surface area contributed by atoms with Crippen molar-refractivity contribution in [3.8, 4) is 0 Å². The van der Waals surface area contributed by atoms with Crippen LogP contribution in [0.1, 0.15) is 56.5 Å². The lowest BCUT2D eigenvalue weighted by Crippen LogP contribution is -2.37. The van der Waals surface area contributed by atoms with Gasteiger partial charge in [-0.3, -0.25) is 4.79 Å². The van der Waals surface area contributed by atoms with Crippen molar-refractivity contribution in [1.82, 2.24) is 10.0 Å². The van der Waals surface area contributed by atoms with E-state index in [-0.39, 0.29) is 23.9 Å². The van der Waals surface area contributed by atoms with Gasteiger partial charge in [-0.15, -0.1) is 0 Å². The highest BCUT2D eigenvalue weighted by Gasteiger charge is 2.17. The minimum absolute atomic E-state index is 0.00252. The van der Waals surface area contributed by atoms with Crippen LogP contribution in [0.5, 0.6) is 0 Å². The third-order valence-electron chi connectivity index (χ3n) is 4.33. The average Bonchev–Trinajstić information content (AvgIpc) is 2.70. The Kier molecular flexibility index (Phi) is 8.40. The second-order valence-corrected chi connectivity index (χ2v) is 10.4. The van der Waals surface area contributed by atoms with Gasteiger partial charge < -0.3 is 15.4 Å². The van der Waals surface area contributed by atoms with Gasteiger partial charge in [0, 0.05) is 24.3 Å². The van der Waals surface area contributed by atoms with Crippen LogP contribution < -0.4 is 15.4 Å². The number of benzene rings is 2. The summed E-state index contributed by atoms with van der Waals surface area (Å²) in [4.78, 5) is 24.1.